The lowest BCUT2D eigenvalue weighted by molar-refractivity contribution is 0.576. The molecule has 18 heavy (non-hydrogen) atoms. The Hall–Kier alpha value is -1.39. The standard InChI is InChI=1S/C13H13ClN4/c14-12-10-3-1-2-4-11(10)13(17-16-12)18-7-8-5-9(18)6-15-8/h1-4,8-9,15H,5-7H2/t8-,9-/m1/s1. The van der Waals surface area contributed by atoms with Crippen LogP contribution in [0.15, 0.2) is 24.3 Å². The molecule has 0 spiro atoms. The zero-order chi connectivity index (χ0) is 12.1. The number of hydrogen-bond acceptors (Lipinski definition) is 4. The second kappa shape index (κ2) is 3.80. The average Bonchev–Trinajstić information content (AvgIpc) is 3.02. The molecule has 2 fully saturated rings. The van der Waals surface area contributed by atoms with Gasteiger partial charge in [-0.15, -0.1) is 10.2 Å². The number of halogens is 1. The highest BCUT2D eigenvalue weighted by Gasteiger charge is 2.38. The van der Waals surface area contributed by atoms with Crippen molar-refractivity contribution in [1.82, 2.24) is 15.5 Å². The SMILES string of the molecule is Clc1nnc(N2C[C@H]3C[C@@H]2CN3)c2ccccc12. The smallest absolute Gasteiger partial charge is 0.159 e. The predicted octanol–water partition coefficient (Wildman–Crippen LogP) is 1.83. The van der Waals surface area contributed by atoms with Crippen LogP contribution in [-0.2, 0) is 0 Å². The summed E-state index contributed by atoms with van der Waals surface area (Å²) in [5, 5.41) is 14.5. The third-order valence-corrected chi connectivity index (χ3v) is 4.23. The normalized spacial score (nSPS) is 26.2. The van der Waals surface area contributed by atoms with Crippen LogP contribution in [0.3, 0.4) is 0 Å². The first kappa shape index (κ1) is 10.5. The molecule has 4 rings (SSSR count). The Balaban J connectivity index is 1.88. The third-order valence-electron chi connectivity index (χ3n) is 3.95. The third kappa shape index (κ3) is 1.42. The fourth-order valence-electron chi connectivity index (χ4n) is 3.09. The van der Waals surface area contributed by atoms with Gasteiger partial charge in [-0.05, 0) is 6.42 Å². The molecular formula is C13H13ClN4. The summed E-state index contributed by atoms with van der Waals surface area (Å²) < 4.78 is 0. The van der Waals surface area contributed by atoms with E-state index in [0.29, 0.717) is 17.2 Å². The Morgan fingerprint density at radius 2 is 2.06 bits per heavy atom. The molecule has 3 heterocycles. The van der Waals surface area contributed by atoms with Crippen LogP contribution in [-0.4, -0.2) is 35.4 Å². The van der Waals surface area contributed by atoms with Crippen LogP contribution < -0.4 is 10.2 Å². The monoisotopic (exact) mass is 260 g/mol. The quantitative estimate of drug-likeness (QED) is 0.850. The zero-order valence-corrected chi connectivity index (χ0v) is 10.6. The second-order valence-corrected chi connectivity index (χ2v) is 5.37. The molecule has 2 atom stereocenters. The zero-order valence-electron chi connectivity index (χ0n) is 9.81. The van der Waals surface area contributed by atoms with Crippen molar-refractivity contribution in [3.05, 3.63) is 29.4 Å². The van der Waals surface area contributed by atoms with E-state index in [2.05, 4.69) is 26.5 Å². The fraction of sp³-hybridized carbons (Fsp3) is 0.385. The summed E-state index contributed by atoms with van der Waals surface area (Å²) in [5.74, 6) is 0.976. The van der Waals surface area contributed by atoms with Crippen molar-refractivity contribution in [2.45, 2.75) is 18.5 Å². The van der Waals surface area contributed by atoms with Crippen molar-refractivity contribution in [2.24, 2.45) is 0 Å². The molecule has 1 aromatic heterocycles. The minimum Gasteiger partial charge on any atom is -0.349 e. The number of hydrogen-bond donors (Lipinski definition) is 1. The lowest BCUT2D eigenvalue weighted by Gasteiger charge is -2.28. The maximum absolute atomic E-state index is 6.11. The van der Waals surface area contributed by atoms with Crippen LogP contribution in [0.25, 0.3) is 10.8 Å². The Bertz CT molecular complexity index is 615. The number of benzene rings is 1. The summed E-state index contributed by atoms with van der Waals surface area (Å²) in [5.41, 5.74) is 0. The van der Waals surface area contributed by atoms with Crippen molar-refractivity contribution in [3.63, 3.8) is 0 Å². The van der Waals surface area contributed by atoms with E-state index in [1.165, 1.54) is 6.42 Å². The summed E-state index contributed by atoms with van der Waals surface area (Å²) >= 11 is 6.11. The first-order valence-electron chi connectivity index (χ1n) is 6.24. The maximum Gasteiger partial charge on any atom is 0.159 e. The minimum absolute atomic E-state index is 0.483. The molecule has 0 radical (unpaired) electrons. The van der Waals surface area contributed by atoms with E-state index in [4.69, 9.17) is 11.6 Å². The maximum atomic E-state index is 6.11. The fourth-order valence-corrected chi connectivity index (χ4v) is 3.29. The Kier molecular flexibility index (Phi) is 2.22. The van der Waals surface area contributed by atoms with E-state index in [-0.39, 0.29) is 0 Å². The molecule has 5 heteroatoms. The summed E-state index contributed by atoms with van der Waals surface area (Å²) in [6, 6.07) is 9.24. The highest BCUT2D eigenvalue weighted by molar-refractivity contribution is 6.34. The van der Waals surface area contributed by atoms with Gasteiger partial charge in [0.1, 0.15) is 0 Å². The highest BCUT2D eigenvalue weighted by atomic mass is 35.5. The number of aromatic nitrogens is 2. The van der Waals surface area contributed by atoms with Crippen molar-refractivity contribution in [2.75, 3.05) is 18.0 Å². The largest absolute Gasteiger partial charge is 0.349 e. The van der Waals surface area contributed by atoms with Gasteiger partial charge in [0.15, 0.2) is 11.0 Å². The lowest BCUT2D eigenvalue weighted by Crippen LogP contribution is -2.44. The van der Waals surface area contributed by atoms with E-state index in [9.17, 15) is 0 Å². The molecule has 1 N–H and O–H groups in total. The van der Waals surface area contributed by atoms with E-state index in [0.717, 1.165) is 29.7 Å². The van der Waals surface area contributed by atoms with E-state index in [1.54, 1.807) is 0 Å². The lowest BCUT2D eigenvalue weighted by atomic mass is 10.1. The number of anilines is 1. The van der Waals surface area contributed by atoms with Gasteiger partial charge >= 0.3 is 0 Å². The van der Waals surface area contributed by atoms with Crippen LogP contribution >= 0.6 is 11.6 Å². The predicted molar refractivity (Wildman–Crippen MR) is 72.1 cm³/mol. The van der Waals surface area contributed by atoms with Gasteiger partial charge in [0.25, 0.3) is 0 Å². The Morgan fingerprint density at radius 1 is 1.22 bits per heavy atom. The van der Waals surface area contributed by atoms with Gasteiger partial charge in [0.2, 0.25) is 0 Å². The Morgan fingerprint density at radius 3 is 2.78 bits per heavy atom. The van der Waals surface area contributed by atoms with Crippen LogP contribution in [0.5, 0.6) is 0 Å². The van der Waals surface area contributed by atoms with Gasteiger partial charge in [-0.3, -0.25) is 0 Å². The molecule has 0 amide bonds. The molecule has 2 saturated heterocycles. The topological polar surface area (TPSA) is 41.1 Å². The van der Waals surface area contributed by atoms with Crippen LogP contribution in [0.2, 0.25) is 5.15 Å². The second-order valence-electron chi connectivity index (χ2n) is 5.01. The van der Waals surface area contributed by atoms with Crippen LogP contribution in [0.1, 0.15) is 6.42 Å². The van der Waals surface area contributed by atoms with E-state index >= 15 is 0 Å². The summed E-state index contributed by atoms with van der Waals surface area (Å²) in [4.78, 5) is 2.37. The molecule has 1 aromatic carbocycles. The van der Waals surface area contributed by atoms with Crippen molar-refractivity contribution >= 4 is 28.2 Å². The highest BCUT2D eigenvalue weighted by Crippen LogP contribution is 2.34. The number of nitrogens with zero attached hydrogens (tertiary/aromatic N) is 3. The van der Waals surface area contributed by atoms with Crippen molar-refractivity contribution < 1.29 is 0 Å². The van der Waals surface area contributed by atoms with Gasteiger partial charge in [-0.25, -0.2) is 0 Å². The van der Waals surface area contributed by atoms with Gasteiger partial charge in [-0.2, -0.15) is 0 Å². The van der Waals surface area contributed by atoms with Crippen LogP contribution in [0, 0.1) is 0 Å². The molecule has 0 aliphatic carbocycles. The van der Waals surface area contributed by atoms with Gasteiger partial charge in [0, 0.05) is 35.9 Å². The molecule has 92 valence electrons. The molecule has 2 aliphatic rings. The van der Waals surface area contributed by atoms with E-state index < -0.39 is 0 Å². The van der Waals surface area contributed by atoms with Gasteiger partial charge in [-0.1, -0.05) is 35.9 Å². The Labute approximate surface area is 110 Å². The van der Waals surface area contributed by atoms with Gasteiger partial charge in [0.05, 0.1) is 0 Å². The summed E-state index contributed by atoms with van der Waals surface area (Å²) in [7, 11) is 0. The van der Waals surface area contributed by atoms with Crippen LogP contribution in [0.4, 0.5) is 5.82 Å². The number of rotatable bonds is 1. The van der Waals surface area contributed by atoms with E-state index in [1.807, 2.05) is 18.2 Å². The summed E-state index contributed by atoms with van der Waals surface area (Å²) in [6.07, 6.45) is 1.21. The minimum atomic E-state index is 0.483. The average molecular weight is 261 g/mol. The molecule has 2 aliphatic heterocycles. The first-order chi connectivity index (χ1) is 8.83. The number of fused-ring (bicyclic) bond motifs is 3. The van der Waals surface area contributed by atoms with Crippen molar-refractivity contribution in [3.8, 4) is 0 Å². The first-order valence-corrected chi connectivity index (χ1v) is 6.61. The number of nitrogens with one attached hydrogen (secondary N) is 1. The van der Waals surface area contributed by atoms with Gasteiger partial charge < -0.3 is 10.2 Å². The molecule has 4 nitrogen and oxygen atoms in total. The molecule has 2 bridgehead atoms. The van der Waals surface area contributed by atoms with Crippen molar-refractivity contribution in [1.29, 1.82) is 0 Å². The molecular weight excluding hydrogens is 248 g/mol. The molecule has 2 aromatic rings. The molecule has 0 saturated carbocycles. The number of piperazine rings is 1. The molecule has 0 unspecified atom stereocenters. The summed E-state index contributed by atoms with van der Waals surface area (Å²) in [6.45, 7) is 2.06.